The van der Waals surface area contributed by atoms with E-state index in [1.807, 2.05) is 6.92 Å². The number of carbonyl (C=O) groups is 2. The molecule has 1 heterocycles. The van der Waals surface area contributed by atoms with Crippen molar-refractivity contribution in [2.24, 2.45) is 0 Å². The van der Waals surface area contributed by atoms with Gasteiger partial charge >= 0.3 is 5.97 Å². The van der Waals surface area contributed by atoms with Gasteiger partial charge in [-0.1, -0.05) is 13.3 Å². The van der Waals surface area contributed by atoms with Gasteiger partial charge in [0.25, 0.3) is 0 Å². The standard InChI is InChI=1S/C15H17BrO5/c1-2-3-6-19-14(18)5-4-12(17)10-7-11(16)15-13(8-10)20-9-21-15/h7-8H,2-6,9H2,1H3. The molecule has 0 aliphatic carbocycles. The molecule has 0 fully saturated rings. The van der Waals surface area contributed by atoms with E-state index in [4.69, 9.17) is 14.2 Å². The SMILES string of the molecule is CCCCOC(=O)CCC(=O)c1cc(Br)c2c(c1)OCO2. The van der Waals surface area contributed by atoms with Crippen molar-refractivity contribution in [3.63, 3.8) is 0 Å². The lowest BCUT2D eigenvalue weighted by Gasteiger charge is -2.05. The van der Waals surface area contributed by atoms with Gasteiger partial charge in [0.1, 0.15) is 0 Å². The minimum absolute atomic E-state index is 0.0919. The van der Waals surface area contributed by atoms with Crippen molar-refractivity contribution >= 4 is 27.7 Å². The average molecular weight is 357 g/mol. The molecule has 114 valence electrons. The van der Waals surface area contributed by atoms with Gasteiger partial charge in [-0.05, 0) is 34.5 Å². The van der Waals surface area contributed by atoms with Crippen molar-refractivity contribution < 1.29 is 23.8 Å². The molecule has 0 unspecified atom stereocenters. The largest absolute Gasteiger partial charge is 0.466 e. The quantitative estimate of drug-likeness (QED) is 0.425. The molecule has 21 heavy (non-hydrogen) atoms. The molecule has 1 aliphatic heterocycles. The Morgan fingerprint density at radius 3 is 2.86 bits per heavy atom. The molecular weight excluding hydrogens is 340 g/mol. The maximum atomic E-state index is 12.1. The van der Waals surface area contributed by atoms with Crippen LogP contribution in [0.1, 0.15) is 43.0 Å². The van der Waals surface area contributed by atoms with E-state index in [0.29, 0.717) is 28.1 Å². The van der Waals surface area contributed by atoms with Gasteiger partial charge in [-0.2, -0.15) is 0 Å². The number of Topliss-reactive ketones (excluding diaryl/α,β-unsaturated/α-hetero) is 1. The number of ether oxygens (including phenoxy) is 3. The van der Waals surface area contributed by atoms with Crippen molar-refractivity contribution in [1.82, 2.24) is 0 Å². The first-order valence-electron chi connectivity index (χ1n) is 6.89. The fourth-order valence-electron chi connectivity index (χ4n) is 1.89. The summed E-state index contributed by atoms with van der Waals surface area (Å²) in [6, 6.07) is 3.32. The minimum Gasteiger partial charge on any atom is -0.466 e. The fourth-order valence-corrected chi connectivity index (χ4v) is 2.45. The molecule has 0 saturated carbocycles. The van der Waals surface area contributed by atoms with Crippen LogP contribution < -0.4 is 9.47 Å². The third kappa shape index (κ3) is 4.20. The lowest BCUT2D eigenvalue weighted by Crippen LogP contribution is -2.09. The number of ketones is 1. The van der Waals surface area contributed by atoms with Gasteiger partial charge in [-0.25, -0.2) is 0 Å². The van der Waals surface area contributed by atoms with E-state index in [2.05, 4.69) is 15.9 Å². The molecule has 0 aromatic heterocycles. The Balaban J connectivity index is 1.89. The number of rotatable bonds is 7. The van der Waals surface area contributed by atoms with E-state index >= 15 is 0 Å². The lowest BCUT2D eigenvalue weighted by molar-refractivity contribution is -0.143. The van der Waals surface area contributed by atoms with E-state index in [0.717, 1.165) is 12.8 Å². The lowest BCUT2D eigenvalue weighted by atomic mass is 10.1. The molecule has 0 spiro atoms. The van der Waals surface area contributed by atoms with E-state index in [1.165, 1.54) is 0 Å². The van der Waals surface area contributed by atoms with Gasteiger partial charge in [0, 0.05) is 12.0 Å². The zero-order chi connectivity index (χ0) is 15.2. The fraction of sp³-hybridized carbons (Fsp3) is 0.467. The highest BCUT2D eigenvalue weighted by atomic mass is 79.9. The molecule has 1 aromatic rings. The second-order valence-electron chi connectivity index (χ2n) is 4.69. The smallest absolute Gasteiger partial charge is 0.306 e. The number of benzene rings is 1. The van der Waals surface area contributed by atoms with Crippen LogP contribution in [0.4, 0.5) is 0 Å². The van der Waals surface area contributed by atoms with E-state index < -0.39 is 0 Å². The number of esters is 1. The number of hydrogen-bond donors (Lipinski definition) is 0. The van der Waals surface area contributed by atoms with Crippen LogP contribution in [0.15, 0.2) is 16.6 Å². The summed E-state index contributed by atoms with van der Waals surface area (Å²) in [5, 5.41) is 0. The van der Waals surface area contributed by atoms with Crippen LogP contribution in [0.3, 0.4) is 0 Å². The second-order valence-corrected chi connectivity index (χ2v) is 5.54. The summed E-state index contributed by atoms with van der Waals surface area (Å²) in [6.07, 6.45) is 2.03. The van der Waals surface area contributed by atoms with Gasteiger partial charge in [-0.15, -0.1) is 0 Å². The first-order chi connectivity index (χ1) is 10.1. The molecular formula is C15H17BrO5. The van der Waals surface area contributed by atoms with Crippen molar-refractivity contribution in [2.45, 2.75) is 32.6 Å². The zero-order valence-corrected chi connectivity index (χ0v) is 13.4. The summed E-state index contributed by atoms with van der Waals surface area (Å²) in [4.78, 5) is 23.6. The Bertz CT molecular complexity index is 541. The molecule has 5 nitrogen and oxygen atoms in total. The number of fused-ring (bicyclic) bond motifs is 1. The molecule has 0 amide bonds. The van der Waals surface area contributed by atoms with Gasteiger partial charge in [0.15, 0.2) is 17.3 Å². The number of hydrogen-bond acceptors (Lipinski definition) is 5. The maximum absolute atomic E-state index is 12.1. The van der Waals surface area contributed by atoms with Gasteiger partial charge in [-0.3, -0.25) is 9.59 Å². The van der Waals surface area contributed by atoms with E-state index in [9.17, 15) is 9.59 Å². The van der Waals surface area contributed by atoms with Crippen molar-refractivity contribution in [3.05, 3.63) is 22.2 Å². The number of carbonyl (C=O) groups excluding carboxylic acids is 2. The van der Waals surface area contributed by atoms with E-state index in [1.54, 1.807) is 12.1 Å². The summed E-state index contributed by atoms with van der Waals surface area (Å²) < 4.78 is 16.2. The third-order valence-corrected chi connectivity index (χ3v) is 3.66. The monoisotopic (exact) mass is 356 g/mol. The topological polar surface area (TPSA) is 61.8 Å². The highest BCUT2D eigenvalue weighted by Gasteiger charge is 2.20. The van der Waals surface area contributed by atoms with Crippen LogP contribution in [0.2, 0.25) is 0 Å². The van der Waals surface area contributed by atoms with E-state index in [-0.39, 0.29) is 31.4 Å². The molecule has 0 saturated heterocycles. The maximum Gasteiger partial charge on any atom is 0.306 e. The summed E-state index contributed by atoms with van der Waals surface area (Å²) >= 11 is 3.34. The Hall–Kier alpha value is -1.56. The zero-order valence-electron chi connectivity index (χ0n) is 11.8. The van der Waals surface area contributed by atoms with Crippen LogP contribution in [0.5, 0.6) is 11.5 Å². The van der Waals surface area contributed by atoms with Crippen LogP contribution in [0, 0.1) is 0 Å². The minimum atomic E-state index is -0.336. The Kier molecular flexibility index (Phi) is 5.61. The average Bonchev–Trinajstić information content (AvgIpc) is 2.94. The Labute approximate surface area is 131 Å². The molecule has 1 aliphatic rings. The molecule has 0 radical (unpaired) electrons. The summed E-state index contributed by atoms with van der Waals surface area (Å²) in [5.74, 6) is 0.682. The van der Waals surface area contributed by atoms with Crippen LogP contribution in [0.25, 0.3) is 0 Å². The van der Waals surface area contributed by atoms with Crippen molar-refractivity contribution in [1.29, 1.82) is 0 Å². The summed E-state index contributed by atoms with van der Waals surface area (Å²) in [5.41, 5.74) is 0.493. The highest BCUT2D eigenvalue weighted by Crippen LogP contribution is 2.40. The van der Waals surface area contributed by atoms with Crippen molar-refractivity contribution in [2.75, 3.05) is 13.4 Å². The predicted octanol–water partition coefficient (Wildman–Crippen LogP) is 3.48. The molecule has 2 rings (SSSR count). The highest BCUT2D eigenvalue weighted by molar-refractivity contribution is 9.10. The first kappa shape index (κ1) is 15.8. The molecule has 1 aromatic carbocycles. The molecule has 0 bridgehead atoms. The second kappa shape index (κ2) is 7.45. The summed E-state index contributed by atoms with van der Waals surface area (Å²) in [7, 11) is 0. The van der Waals surface area contributed by atoms with Crippen LogP contribution in [-0.4, -0.2) is 25.2 Å². The molecule has 0 N–H and O–H groups in total. The van der Waals surface area contributed by atoms with Crippen LogP contribution >= 0.6 is 15.9 Å². The van der Waals surface area contributed by atoms with Crippen LogP contribution in [-0.2, 0) is 9.53 Å². The predicted molar refractivity (Wildman–Crippen MR) is 79.7 cm³/mol. The number of halogens is 1. The normalized spacial score (nSPS) is 12.3. The Morgan fingerprint density at radius 1 is 1.29 bits per heavy atom. The number of unbranched alkanes of at least 4 members (excludes halogenated alkanes) is 1. The Morgan fingerprint density at radius 2 is 2.10 bits per heavy atom. The van der Waals surface area contributed by atoms with Crippen molar-refractivity contribution in [3.8, 4) is 11.5 Å². The van der Waals surface area contributed by atoms with Gasteiger partial charge in [0.2, 0.25) is 6.79 Å². The third-order valence-electron chi connectivity index (χ3n) is 3.07. The van der Waals surface area contributed by atoms with Gasteiger partial charge in [0.05, 0.1) is 17.5 Å². The van der Waals surface area contributed by atoms with Gasteiger partial charge < -0.3 is 14.2 Å². The summed E-state index contributed by atoms with van der Waals surface area (Å²) in [6.45, 7) is 2.59. The molecule has 6 heteroatoms. The first-order valence-corrected chi connectivity index (χ1v) is 7.69. The molecule has 0 atom stereocenters.